The van der Waals surface area contributed by atoms with Gasteiger partial charge in [-0.2, -0.15) is 0 Å². The standard InChI is InChI=1S/C18H27N3O4/c1-20(2)14-4-5-21(11-14)12-18(22)19-10-13-8-16-17(9-15(13)23-3)25-7-6-24-16/h8-9,14H,4-7,10-12H2,1-3H3,(H,19,22)/t14-/m1/s1. The molecule has 1 amide bonds. The monoisotopic (exact) mass is 349 g/mol. The second kappa shape index (κ2) is 7.93. The first kappa shape index (κ1) is 17.8. The van der Waals surface area contributed by atoms with Crippen molar-refractivity contribution in [2.75, 3.05) is 54.1 Å². The molecule has 0 spiro atoms. The predicted octanol–water partition coefficient (Wildman–Crippen LogP) is 0.719. The summed E-state index contributed by atoms with van der Waals surface area (Å²) in [4.78, 5) is 16.7. The summed E-state index contributed by atoms with van der Waals surface area (Å²) in [7, 11) is 5.78. The predicted molar refractivity (Wildman–Crippen MR) is 94.4 cm³/mol. The van der Waals surface area contributed by atoms with E-state index in [0.717, 1.165) is 25.1 Å². The van der Waals surface area contributed by atoms with Crippen LogP contribution in [0.5, 0.6) is 17.2 Å². The van der Waals surface area contributed by atoms with E-state index in [2.05, 4.69) is 29.2 Å². The summed E-state index contributed by atoms with van der Waals surface area (Å²) in [6.45, 7) is 3.81. The molecular weight excluding hydrogens is 322 g/mol. The van der Waals surface area contributed by atoms with E-state index in [1.54, 1.807) is 7.11 Å². The Morgan fingerprint density at radius 1 is 1.32 bits per heavy atom. The summed E-state index contributed by atoms with van der Waals surface area (Å²) in [6.07, 6.45) is 1.11. The minimum Gasteiger partial charge on any atom is -0.496 e. The first-order valence-electron chi connectivity index (χ1n) is 8.69. The van der Waals surface area contributed by atoms with E-state index in [1.807, 2.05) is 12.1 Å². The maximum absolute atomic E-state index is 12.3. The van der Waals surface area contributed by atoms with Gasteiger partial charge in [-0.15, -0.1) is 0 Å². The van der Waals surface area contributed by atoms with E-state index >= 15 is 0 Å². The number of amides is 1. The van der Waals surface area contributed by atoms with Crippen molar-refractivity contribution in [3.05, 3.63) is 17.7 Å². The number of ether oxygens (including phenoxy) is 3. The second-order valence-corrected chi connectivity index (χ2v) is 6.73. The molecule has 0 saturated carbocycles. The maximum atomic E-state index is 12.3. The van der Waals surface area contributed by atoms with Crippen molar-refractivity contribution in [1.82, 2.24) is 15.1 Å². The number of likely N-dealkylation sites (tertiary alicyclic amines) is 1. The van der Waals surface area contributed by atoms with E-state index in [9.17, 15) is 4.79 Å². The Labute approximate surface area is 148 Å². The smallest absolute Gasteiger partial charge is 0.234 e. The Morgan fingerprint density at radius 3 is 2.68 bits per heavy atom. The molecule has 138 valence electrons. The van der Waals surface area contributed by atoms with E-state index < -0.39 is 0 Å². The number of benzene rings is 1. The highest BCUT2D eigenvalue weighted by Gasteiger charge is 2.25. The third-order valence-electron chi connectivity index (χ3n) is 4.77. The van der Waals surface area contributed by atoms with Crippen LogP contribution in [0.15, 0.2) is 12.1 Å². The van der Waals surface area contributed by atoms with Crippen LogP contribution in [0.1, 0.15) is 12.0 Å². The molecule has 2 aliphatic heterocycles. The molecule has 0 aliphatic carbocycles. The van der Waals surface area contributed by atoms with Gasteiger partial charge in [-0.3, -0.25) is 9.69 Å². The van der Waals surface area contributed by atoms with Crippen molar-refractivity contribution in [2.45, 2.75) is 19.0 Å². The summed E-state index contributed by atoms with van der Waals surface area (Å²) in [5, 5.41) is 2.98. The zero-order chi connectivity index (χ0) is 17.8. The number of nitrogens with zero attached hydrogens (tertiary/aromatic N) is 2. The molecule has 0 aromatic heterocycles. The third kappa shape index (κ3) is 4.35. The number of likely N-dealkylation sites (N-methyl/N-ethyl adjacent to an activating group) is 1. The van der Waals surface area contributed by atoms with Gasteiger partial charge in [0.15, 0.2) is 11.5 Å². The number of methoxy groups -OCH3 is 1. The first-order valence-corrected chi connectivity index (χ1v) is 8.69. The number of hydrogen-bond donors (Lipinski definition) is 1. The van der Waals surface area contributed by atoms with Gasteiger partial charge >= 0.3 is 0 Å². The van der Waals surface area contributed by atoms with Gasteiger partial charge in [0.25, 0.3) is 0 Å². The normalized spacial score (nSPS) is 19.9. The van der Waals surface area contributed by atoms with Crippen molar-refractivity contribution in [1.29, 1.82) is 0 Å². The minimum atomic E-state index is 0.0244. The fourth-order valence-corrected chi connectivity index (χ4v) is 3.27. The number of carbonyl (C=O) groups is 1. The van der Waals surface area contributed by atoms with Crippen LogP contribution >= 0.6 is 0 Å². The largest absolute Gasteiger partial charge is 0.496 e. The fourth-order valence-electron chi connectivity index (χ4n) is 3.27. The molecule has 7 nitrogen and oxygen atoms in total. The van der Waals surface area contributed by atoms with Crippen molar-refractivity contribution in [3.8, 4) is 17.2 Å². The topological polar surface area (TPSA) is 63.3 Å². The highest BCUT2D eigenvalue weighted by molar-refractivity contribution is 5.78. The van der Waals surface area contributed by atoms with Crippen LogP contribution in [0.25, 0.3) is 0 Å². The van der Waals surface area contributed by atoms with Crippen LogP contribution < -0.4 is 19.5 Å². The molecule has 1 saturated heterocycles. The van der Waals surface area contributed by atoms with Crippen molar-refractivity contribution in [2.24, 2.45) is 0 Å². The summed E-state index contributed by atoms with van der Waals surface area (Å²) >= 11 is 0. The van der Waals surface area contributed by atoms with Gasteiger partial charge in [-0.25, -0.2) is 0 Å². The molecule has 3 rings (SSSR count). The lowest BCUT2D eigenvalue weighted by atomic mass is 10.1. The van der Waals surface area contributed by atoms with Gasteiger partial charge in [-0.05, 0) is 26.6 Å². The molecule has 2 heterocycles. The van der Waals surface area contributed by atoms with Gasteiger partial charge in [0.2, 0.25) is 5.91 Å². The Bertz CT molecular complexity index is 621. The van der Waals surface area contributed by atoms with E-state index in [4.69, 9.17) is 14.2 Å². The number of hydrogen-bond acceptors (Lipinski definition) is 6. The van der Waals surface area contributed by atoms with Gasteiger partial charge < -0.3 is 24.4 Å². The van der Waals surface area contributed by atoms with Crippen molar-refractivity contribution in [3.63, 3.8) is 0 Å². The number of fused-ring (bicyclic) bond motifs is 1. The summed E-state index contributed by atoms with van der Waals surface area (Å²) in [6, 6.07) is 4.23. The van der Waals surface area contributed by atoms with Crippen LogP contribution in [0.4, 0.5) is 0 Å². The SMILES string of the molecule is COc1cc2c(cc1CNC(=O)CN1CC[C@@H](N(C)C)C1)OCCO2. The molecule has 25 heavy (non-hydrogen) atoms. The van der Waals surface area contributed by atoms with Crippen LogP contribution in [-0.4, -0.2) is 75.8 Å². The van der Waals surface area contributed by atoms with Crippen LogP contribution in [0.3, 0.4) is 0 Å². The summed E-state index contributed by atoms with van der Waals surface area (Å²) in [5.74, 6) is 2.10. The lowest BCUT2D eigenvalue weighted by Gasteiger charge is -2.21. The van der Waals surface area contributed by atoms with Gasteiger partial charge in [0.1, 0.15) is 19.0 Å². The molecule has 2 aliphatic rings. The number of rotatable bonds is 6. The van der Waals surface area contributed by atoms with Crippen LogP contribution in [-0.2, 0) is 11.3 Å². The molecule has 0 unspecified atom stereocenters. The van der Waals surface area contributed by atoms with Gasteiger partial charge in [0.05, 0.1) is 13.7 Å². The molecule has 7 heteroatoms. The molecule has 1 N–H and O–H groups in total. The molecule has 0 radical (unpaired) electrons. The average Bonchev–Trinajstić information content (AvgIpc) is 3.07. The molecule has 0 bridgehead atoms. The quantitative estimate of drug-likeness (QED) is 0.817. The van der Waals surface area contributed by atoms with E-state index in [1.165, 1.54) is 0 Å². The number of carbonyl (C=O) groups excluding carboxylic acids is 1. The molecule has 1 aromatic carbocycles. The Kier molecular flexibility index (Phi) is 5.65. The molecule has 1 fully saturated rings. The highest BCUT2D eigenvalue weighted by atomic mass is 16.6. The zero-order valence-corrected chi connectivity index (χ0v) is 15.2. The van der Waals surface area contributed by atoms with E-state index in [-0.39, 0.29) is 5.91 Å². The zero-order valence-electron chi connectivity index (χ0n) is 15.2. The lowest BCUT2D eigenvalue weighted by Crippen LogP contribution is -2.38. The van der Waals surface area contributed by atoms with Crippen LogP contribution in [0, 0.1) is 0 Å². The summed E-state index contributed by atoms with van der Waals surface area (Å²) < 4.78 is 16.6. The molecular formula is C18H27N3O4. The van der Waals surface area contributed by atoms with Gasteiger partial charge in [0, 0.05) is 37.3 Å². The van der Waals surface area contributed by atoms with Crippen molar-refractivity contribution >= 4 is 5.91 Å². The Balaban J connectivity index is 1.55. The van der Waals surface area contributed by atoms with Crippen molar-refractivity contribution < 1.29 is 19.0 Å². The van der Waals surface area contributed by atoms with Crippen LogP contribution in [0.2, 0.25) is 0 Å². The molecule has 1 atom stereocenters. The minimum absolute atomic E-state index is 0.0244. The highest BCUT2D eigenvalue weighted by Crippen LogP contribution is 2.36. The Hall–Kier alpha value is -1.99. The maximum Gasteiger partial charge on any atom is 0.234 e. The number of nitrogens with one attached hydrogen (secondary N) is 1. The fraction of sp³-hybridized carbons (Fsp3) is 0.611. The second-order valence-electron chi connectivity index (χ2n) is 6.73. The third-order valence-corrected chi connectivity index (χ3v) is 4.77. The first-order chi connectivity index (χ1) is 12.1. The lowest BCUT2D eigenvalue weighted by molar-refractivity contribution is -0.122. The Morgan fingerprint density at radius 2 is 2.04 bits per heavy atom. The van der Waals surface area contributed by atoms with Gasteiger partial charge in [-0.1, -0.05) is 0 Å². The average molecular weight is 349 g/mol. The van der Waals surface area contributed by atoms with E-state index in [0.29, 0.717) is 49.6 Å². The molecule has 1 aromatic rings. The summed E-state index contributed by atoms with van der Waals surface area (Å²) in [5.41, 5.74) is 0.882.